The number of rotatable bonds is 8. The number of piperazine rings is 1. The van der Waals surface area contributed by atoms with Crippen molar-refractivity contribution in [3.8, 4) is 17.3 Å². The third-order valence-electron chi connectivity index (χ3n) is 9.70. The van der Waals surface area contributed by atoms with Crippen LogP contribution in [0.4, 0.5) is 5.69 Å². The lowest BCUT2D eigenvalue weighted by Crippen LogP contribution is -2.52. The molecule has 3 aromatic heterocycles. The van der Waals surface area contributed by atoms with Gasteiger partial charge in [0.05, 0.1) is 35.2 Å². The quantitative estimate of drug-likeness (QED) is 0.405. The first kappa shape index (κ1) is 28.6. The summed E-state index contributed by atoms with van der Waals surface area (Å²) in [6.45, 7) is 7.81. The van der Waals surface area contributed by atoms with Crippen LogP contribution in [0.5, 0.6) is 0 Å². The summed E-state index contributed by atoms with van der Waals surface area (Å²) in [4.78, 5) is 24.5. The number of nitrogens with zero attached hydrogens (tertiary/aromatic N) is 7. The molecule has 10 heteroatoms. The monoisotopic (exact) mass is 571 g/mol. The first-order valence-electron chi connectivity index (χ1n) is 15.1. The van der Waals surface area contributed by atoms with Crippen molar-refractivity contribution < 1.29 is 14.3 Å². The van der Waals surface area contributed by atoms with E-state index < -0.39 is 0 Å². The van der Waals surface area contributed by atoms with E-state index in [4.69, 9.17) is 19.7 Å². The molecule has 10 nitrogen and oxygen atoms in total. The van der Waals surface area contributed by atoms with Gasteiger partial charge in [0.2, 0.25) is 5.91 Å². The van der Waals surface area contributed by atoms with E-state index in [2.05, 4.69) is 52.2 Å². The molecule has 1 saturated carbocycles. The van der Waals surface area contributed by atoms with Gasteiger partial charge in [0.25, 0.3) is 0 Å². The number of carbonyl (C=O) groups is 1. The number of carbonyl (C=O) groups excluding carboxylic acids is 1. The lowest BCUT2D eigenvalue weighted by molar-refractivity contribution is -0.139. The second kappa shape index (κ2) is 12.0. The maximum Gasteiger partial charge on any atom is 0.225 e. The zero-order chi connectivity index (χ0) is 29.3. The van der Waals surface area contributed by atoms with E-state index in [1.807, 2.05) is 35.1 Å². The highest BCUT2D eigenvalue weighted by Gasteiger charge is 2.39. The Bertz CT molecular complexity index is 1430. The molecule has 1 atom stereocenters. The normalized spacial score (nSPS) is 23.4. The number of anilines is 1. The first-order valence-corrected chi connectivity index (χ1v) is 15.1. The topological polar surface area (TPSA) is 99.2 Å². The van der Waals surface area contributed by atoms with Crippen molar-refractivity contribution in [3.63, 3.8) is 0 Å². The Morgan fingerprint density at radius 1 is 1.12 bits per heavy atom. The first-order chi connectivity index (χ1) is 20.4. The minimum atomic E-state index is -0.325. The SMILES string of the molecule is COC[C@@H](C)N1CCC(OC)(c2ccc(-c3cc4c(N5CCN(C(=O)C6CC(C#N)C6)CC5)ccnn4c3)nc2)CC1. The molecular weight excluding hydrogens is 530 g/mol. The van der Waals surface area contributed by atoms with E-state index in [0.717, 1.165) is 73.7 Å². The van der Waals surface area contributed by atoms with Crippen molar-refractivity contribution >= 4 is 17.1 Å². The van der Waals surface area contributed by atoms with Crippen molar-refractivity contribution in [2.75, 3.05) is 65.0 Å². The molecule has 1 aliphatic carbocycles. The van der Waals surface area contributed by atoms with Crippen LogP contribution in [0.15, 0.2) is 42.9 Å². The Hall–Kier alpha value is -3.52. The van der Waals surface area contributed by atoms with Gasteiger partial charge in [0, 0.05) is 101 Å². The number of hydrogen-bond acceptors (Lipinski definition) is 8. The van der Waals surface area contributed by atoms with Gasteiger partial charge in [-0.1, -0.05) is 6.07 Å². The highest BCUT2D eigenvalue weighted by atomic mass is 16.5. The number of amides is 1. The van der Waals surface area contributed by atoms with Crippen LogP contribution < -0.4 is 4.90 Å². The molecular formula is C32H41N7O3. The minimum Gasteiger partial charge on any atom is -0.383 e. The zero-order valence-corrected chi connectivity index (χ0v) is 24.9. The lowest BCUT2D eigenvalue weighted by atomic mass is 9.75. The summed E-state index contributed by atoms with van der Waals surface area (Å²) in [5.74, 6) is 0.285. The van der Waals surface area contributed by atoms with E-state index >= 15 is 0 Å². The molecule has 0 bridgehead atoms. The van der Waals surface area contributed by atoms with Crippen LogP contribution in [0.1, 0.15) is 38.2 Å². The number of nitriles is 1. The molecule has 6 rings (SSSR count). The maximum absolute atomic E-state index is 12.8. The van der Waals surface area contributed by atoms with Crippen molar-refractivity contribution in [2.45, 2.75) is 44.2 Å². The third-order valence-corrected chi connectivity index (χ3v) is 9.70. The Kier molecular flexibility index (Phi) is 8.17. The van der Waals surface area contributed by atoms with Gasteiger partial charge in [-0.25, -0.2) is 4.52 Å². The fourth-order valence-corrected chi connectivity index (χ4v) is 6.88. The molecule has 0 N–H and O–H groups in total. The van der Waals surface area contributed by atoms with Crippen LogP contribution in [0, 0.1) is 23.2 Å². The highest BCUT2D eigenvalue weighted by Crippen LogP contribution is 2.38. The largest absolute Gasteiger partial charge is 0.383 e. The molecule has 2 saturated heterocycles. The molecule has 222 valence electrons. The van der Waals surface area contributed by atoms with Crippen LogP contribution in [0.3, 0.4) is 0 Å². The van der Waals surface area contributed by atoms with Crippen LogP contribution in [0.2, 0.25) is 0 Å². The van der Waals surface area contributed by atoms with Crippen molar-refractivity contribution in [1.29, 1.82) is 5.26 Å². The summed E-state index contributed by atoms with van der Waals surface area (Å²) >= 11 is 0. The van der Waals surface area contributed by atoms with Gasteiger partial charge in [-0.15, -0.1) is 0 Å². The molecule has 2 aliphatic heterocycles. The number of aromatic nitrogens is 3. The molecule has 0 spiro atoms. The van der Waals surface area contributed by atoms with Gasteiger partial charge < -0.3 is 19.3 Å². The molecule has 5 heterocycles. The fraction of sp³-hybridized carbons (Fsp3) is 0.562. The predicted molar refractivity (Wildman–Crippen MR) is 160 cm³/mol. The van der Waals surface area contributed by atoms with E-state index in [9.17, 15) is 4.79 Å². The summed E-state index contributed by atoms with van der Waals surface area (Å²) < 4.78 is 13.4. The summed E-state index contributed by atoms with van der Waals surface area (Å²) in [5.41, 5.74) is 4.85. The average Bonchev–Trinajstić information content (AvgIpc) is 3.46. The Balaban J connectivity index is 1.13. The molecule has 0 radical (unpaired) electrons. The number of methoxy groups -OCH3 is 2. The van der Waals surface area contributed by atoms with Gasteiger partial charge in [-0.05, 0) is 50.8 Å². The molecule has 3 fully saturated rings. The average molecular weight is 572 g/mol. The van der Waals surface area contributed by atoms with Crippen molar-refractivity contribution in [3.05, 3.63) is 48.4 Å². The Morgan fingerprint density at radius 3 is 2.52 bits per heavy atom. The second-order valence-corrected chi connectivity index (χ2v) is 12.1. The Labute approximate surface area is 247 Å². The predicted octanol–water partition coefficient (Wildman–Crippen LogP) is 3.57. The molecule has 0 aromatic carbocycles. The summed E-state index contributed by atoms with van der Waals surface area (Å²) in [6.07, 6.45) is 9.09. The molecule has 3 aromatic rings. The van der Waals surface area contributed by atoms with Crippen molar-refractivity contribution in [1.82, 2.24) is 24.4 Å². The standard InChI is InChI=1S/C32H41N7O3/c1-23(22-41-2)36-10-7-32(42-3,8-11-36)27-4-5-28(34-20-27)26-18-30-29(6-9-35-39(30)21-26)37-12-14-38(15-13-37)31(40)25-16-24(17-25)19-33/h4-6,9,18,20-21,23-25H,7-8,10-17,22H2,1-3H3/t23-,24?,25?/m1/s1. The Morgan fingerprint density at radius 2 is 1.88 bits per heavy atom. The van der Waals surface area contributed by atoms with Gasteiger partial charge in [0.1, 0.15) is 0 Å². The lowest BCUT2D eigenvalue weighted by Gasteiger charge is -2.43. The number of fused-ring (bicyclic) bond motifs is 1. The molecule has 0 unspecified atom stereocenters. The smallest absolute Gasteiger partial charge is 0.225 e. The fourth-order valence-electron chi connectivity index (χ4n) is 6.88. The number of piperidine rings is 1. The minimum absolute atomic E-state index is 0.0251. The highest BCUT2D eigenvalue weighted by molar-refractivity contribution is 5.81. The van der Waals surface area contributed by atoms with Crippen LogP contribution in [-0.4, -0.2) is 96.4 Å². The molecule has 42 heavy (non-hydrogen) atoms. The number of pyridine rings is 1. The van der Waals surface area contributed by atoms with E-state index in [-0.39, 0.29) is 23.3 Å². The van der Waals surface area contributed by atoms with Crippen molar-refractivity contribution in [2.24, 2.45) is 11.8 Å². The van der Waals surface area contributed by atoms with E-state index in [1.54, 1.807) is 7.11 Å². The third kappa shape index (κ3) is 5.37. The van der Waals surface area contributed by atoms with E-state index in [0.29, 0.717) is 32.0 Å². The second-order valence-electron chi connectivity index (χ2n) is 12.1. The summed E-state index contributed by atoms with van der Waals surface area (Å²) in [6, 6.07) is 11.1. The summed E-state index contributed by atoms with van der Waals surface area (Å²) in [5, 5.41) is 13.6. The number of ether oxygens (including phenoxy) is 2. The van der Waals surface area contributed by atoms with Gasteiger partial charge >= 0.3 is 0 Å². The van der Waals surface area contributed by atoms with Crippen LogP contribution in [-0.2, 0) is 19.9 Å². The number of likely N-dealkylation sites (tertiary alicyclic amines) is 1. The van der Waals surface area contributed by atoms with Gasteiger partial charge in [-0.2, -0.15) is 10.4 Å². The van der Waals surface area contributed by atoms with Crippen LogP contribution in [0.25, 0.3) is 16.8 Å². The zero-order valence-electron chi connectivity index (χ0n) is 24.9. The number of hydrogen-bond donors (Lipinski definition) is 0. The van der Waals surface area contributed by atoms with E-state index in [1.165, 1.54) is 0 Å². The molecule has 3 aliphatic rings. The van der Waals surface area contributed by atoms with Gasteiger partial charge in [0.15, 0.2) is 0 Å². The maximum atomic E-state index is 12.8. The van der Waals surface area contributed by atoms with Gasteiger partial charge in [-0.3, -0.25) is 14.7 Å². The molecule has 1 amide bonds. The van der Waals surface area contributed by atoms with Crippen LogP contribution >= 0.6 is 0 Å². The summed E-state index contributed by atoms with van der Waals surface area (Å²) in [7, 11) is 3.57.